The molecule has 0 atom stereocenters. The lowest BCUT2D eigenvalue weighted by atomic mass is 10.1. The third-order valence-corrected chi connectivity index (χ3v) is 3.25. The van der Waals surface area contributed by atoms with Crippen LogP contribution < -0.4 is 0 Å². The zero-order chi connectivity index (χ0) is 15.3. The third-order valence-electron chi connectivity index (χ3n) is 3.25. The Labute approximate surface area is 126 Å². The third kappa shape index (κ3) is 5.21. The Hall–Kier alpha value is -1.84. The Balaban J connectivity index is 2.14. The fourth-order valence-corrected chi connectivity index (χ4v) is 2.44. The summed E-state index contributed by atoms with van der Waals surface area (Å²) in [5.41, 5.74) is 1.29. The average Bonchev–Trinajstić information content (AvgIpc) is 2.41. The summed E-state index contributed by atoms with van der Waals surface area (Å²) < 4.78 is 0. The Morgan fingerprint density at radius 2 is 1.52 bits per heavy atom. The van der Waals surface area contributed by atoms with Gasteiger partial charge < -0.3 is 10.2 Å². The largest absolute Gasteiger partial charge is 0.508 e. The van der Waals surface area contributed by atoms with Crippen LogP contribution in [0.4, 0.5) is 0 Å². The lowest BCUT2D eigenvalue weighted by Crippen LogP contribution is -2.37. The molecule has 0 fully saturated rings. The molecule has 0 saturated carbocycles. The van der Waals surface area contributed by atoms with Crippen molar-refractivity contribution < 1.29 is 10.2 Å². The lowest BCUT2D eigenvalue weighted by Gasteiger charge is -2.29. The molecule has 0 aromatic heterocycles. The van der Waals surface area contributed by atoms with Crippen molar-refractivity contribution in [3.8, 4) is 5.75 Å². The zero-order valence-electron chi connectivity index (χ0n) is 12.7. The van der Waals surface area contributed by atoms with Crippen molar-refractivity contribution >= 4 is 0 Å². The van der Waals surface area contributed by atoms with Gasteiger partial charge in [0.15, 0.2) is 0 Å². The van der Waals surface area contributed by atoms with Crippen LogP contribution in [0.2, 0.25) is 0 Å². The normalized spacial score (nSPS) is 11.8. The quantitative estimate of drug-likeness (QED) is 0.857. The van der Waals surface area contributed by atoms with Crippen molar-refractivity contribution in [2.24, 2.45) is 0 Å². The van der Waals surface area contributed by atoms with E-state index in [9.17, 15) is 10.2 Å². The Bertz CT molecular complexity index is 561. The molecular formula is C18H23NO2. The smallest absolute Gasteiger partial charge is 0.120 e. The second-order valence-corrected chi connectivity index (χ2v) is 6.07. The van der Waals surface area contributed by atoms with E-state index in [2.05, 4.69) is 17.0 Å². The first-order chi connectivity index (χ1) is 9.94. The molecule has 0 amide bonds. The number of para-hydroxylation sites is 1. The predicted octanol–water partition coefficient (Wildman–Crippen LogP) is 3.17. The first kappa shape index (κ1) is 15.5. The minimum absolute atomic E-state index is 0.298. The van der Waals surface area contributed by atoms with Gasteiger partial charge in [-0.05, 0) is 25.5 Å². The van der Waals surface area contributed by atoms with Crippen LogP contribution in [0.25, 0.3) is 0 Å². The topological polar surface area (TPSA) is 43.7 Å². The molecule has 0 aliphatic rings. The fourth-order valence-electron chi connectivity index (χ4n) is 2.44. The van der Waals surface area contributed by atoms with Crippen LogP contribution in [0, 0.1) is 0 Å². The highest BCUT2D eigenvalue weighted by molar-refractivity contribution is 5.31. The van der Waals surface area contributed by atoms with E-state index >= 15 is 0 Å². The number of aromatic hydroxyl groups is 1. The fraction of sp³-hybridized carbons (Fsp3) is 0.333. The van der Waals surface area contributed by atoms with Gasteiger partial charge in [-0.1, -0.05) is 48.5 Å². The van der Waals surface area contributed by atoms with Crippen LogP contribution in [0.1, 0.15) is 25.0 Å². The number of aliphatic hydroxyl groups is 1. The molecule has 3 heteroatoms. The van der Waals surface area contributed by atoms with Gasteiger partial charge in [0.1, 0.15) is 5.75 Å². The molecule has 0 radical (unpaired) electrons. The van der Waals surface area contributed by atoms with Crippen LogP contribution in [-0.2, 0) is 13.1 Å². The van der Waals surface area contributed by atoms with Crippen molar-refractivity contribution in [3.63, 3.8) is 0 Å². The molecule has 112 valence electrons. The maximum atomic E-state index is 10.1. The average molecular weight is 285 g/mol. The van der Waals surface area contributed by atoms with Gasteiger partial charge in [-0.2, -0.15) is 0 Å². The first-order valence-electron chi connectivity index (χ1n) is 7.19. The Morgan fingerprint density at radius 1 is 0.905 bits per heavy atom. The van der Waals surface area contributed by atoms with Crippen LogP contribution in [0.15, 0.2) is 54.6 Å². The molecule has 0 saturated heterocycles. The van der Waals surface area contributed by atoms with Crippen molar-refractivity contribution in [2.45, 2.75) is 32.5 Å². The Morgan fingerprint density at radius 3 is 2.14 bits per heavy atom. The van der Waals surface area contributed by atoms with Crippen molar-refractivity contribution in [3.05, 3.63) is 65.7 Å². The zero-order valence-corrected chi connectivity index (χ0v) is 12.7. The molecule has 0 heterocycles. The SMILES string of the molecule is CC(C)(O)CN(Cc1ccccc1)Cc1ccccc1O. The van der Waals surface area contributed by atoms with E-state index in [1.807, 2.05) is 36.4 Å². The van der Waals surface area contributed by atoms with Crippen LogP contribution in [0.5, 0.6) is 5.75 Å². The van der Waals surface area contributed by atoms with Gasteiger partial charge in [0.2, 0.25) is 0 Å². The van der Waals surface area contributed by atoms with E-state index in [1.165, 1.54) is 5.56 Å². The number of nitrogens with zero attached hydrogens (tertiary/aromatic N) is 1. The van der Waals surface area contributed by atoms with E-state index in [-0.39, 0.29) is 0 Å². The summed E-state index contributed by atoms with van der Waals surface area (Å²) in [7, 11) is 0. The highest BCUT2D eigenvalue weighted by atomic mass is 16.3. The second kappa shape index (κ2) is 6.74. The standard InChI is InChI=1S/C18H23NO2/c1-18(2,21)14-19(12-15-8-4-3-5-9-15)13-16-10-6-7-11-17(16)20/h3-11,20-21H,12-14H2,1-2H3. The molecule has 2 aromatic rings. The molecule has 0 spiro atoms. The molecule has 21 heavy (non-hydrogen) atoms. The second-order valence-electron chi connectivity index (χ2n) is 6.07. The minimum atomic E-state index is -0.779. The number of rotatable bonds is 6. The van der Waals surface area contributed by atoms with Crippen molar-refractivity contribution in [1.29, 1.82) is 0 Å². The molecular weight excluding hydrogens is 262 g/mol. The molecule has 0 unspecified atom stereocenters. The summed E-state index contributed by atoms with van der Waals surface area (Å²) in [6.07, 6.45) is 0. The van der Waals surface area contributed by atoms with Crippen LogP contribution in [-0.4, -0.2) is 27.3 Å². The highest BCUT2D eigenvalue weighted by Crippen LogP contribution is 2.20. The number of phenolic OH excluding ortho intramolecular Hbond substituents is 1. The van der Waals surface area contributed by atoms with Gasteiger partial charge in [0.25, 0.3) is 0 Å². The number of hydrogen-bond acceptors (Lipinski definition) is 3. The number of hydrogen-bond donors (Lipinski definition) is 2. The van der Waals surface area contributed by atoms with Gasteiger partial charge >= 0.3 is 0 Å². The monoisotopic (exact) mass is 285 g/mol. The van der Waals surface area contributed by atoms with Crippen molar-refractivity contribution in [2.75, 3.05) is 6.54 Å². The summed E-state index contributed by atoms with van der Waals surface area (Å²) in [5.74, 6) is 0.298. The molecule has 3 nitrogen and oxygen atoms in total. The molecule has 2 N–H and O–H groups in total. The maximum absolute atomic E-state index is 10.1. The predicted molar refractivity (Wildman–Crippen MR) is 85.0 cm³/mol. The summed E-state index contributed by atoms with van der Waals surface area (Å²) in [5, 5.41) is 20.0. The van der Waals surface area contributed by atoms with Crippen LogP contribution >= 0.6 is 0 Å². The van der Waals surface area contributed by atoms with E-state index in [0.29, 0.717) is 18.8 Å². The maximum Gasteiger partial charge on any atom is 0.120 e. The molecule has 0 aliphatic carbocycles. The van der Waals surface area contributed by atoms with Gasteiger partial charge in [-0.15, -0.1) is 0 Å². The molecule has 2 rings (SSSR count). The number of benzene rings is 2. The summed E-state index contributed by atoms with van der Waals surface area (Å²) in [4.78, 5) is 2.14. The van der Waals surface area contributed by atoms with E-state index in [4.69, 9.17) is 0 Å². The van der Waals surface area contributed by atoms with Gasteiger partial charge in [-0.3, -0.25) is 4.90 Å². The lowest BCUT2D eigenvalue weighted by molar-refractivity contribution is 0.0304. The molecule has 0 aliphatic heterocycles. The minimum Gasteiger partial charge on any atom is -0.508 e. The van der Waals surface area contributed by atoms with E-state index < -0.39 is 5.60 Å². The summed E-state index contributed by atoms with van der Waals surface area (Å²) >= 11 is 0. The Kier molecular flexibility index (Phi) is 4.99. The summed E-state index contributed by atoms with van der Waals surface area (Å²) in [6, 6.07) is 17.5. The molecule has 2 aromatic carbocycles. The van der Waals surface area contributed by atoms with Crippen molar-refractivity contribution in [1.82, 2.24) is 4.90 Å². The van der Waals surface area contributed by atoms with Gasteiger partial charge in [0.05, 0.1) is 5.60 Å². The van der Waals surface area contributed by atoms with Crippen LogP contribution in [0.3, 0.4) is 0 Å². The molecule has 0 bridgehead atoms. The first-order valence-corrected chi connectivity index (χ1v) is 7.19. The van der Waals surface area contributed by atoms with E-state index in [1.54, 1.807) is 19.9 Å². The van der Waals surface area contributed by atoms with E-state index in [0.717, 1.165) is 12.1 Å². The number of phenols is 1. The highest BCUT2D eigenvalue weighted by Gasteiger charge is 2.19. The van der Waals surface area contributed by atoms with Gasteiger partial charge in [0, 0.05) is 25.2 Å². The van der Waals surface area contributed by atoms with Gasteiger partial charge in [-0.25, -0.2) is 0 Å². The summed E-state index contributed by atoms with van der Waals surface area (Å²) in [6.45, 7) is 5.48.